The van der Waals surface area contributed by atoms with Crippen molar-refractivity contribution >= 4 is 67.1 Å². The molecular weight excluding hydrogens is 599 g/mol. The molecule has 232 valence electrons. The van der Waals surface area contributed by atoms with Crippen LogP contribution in [0.5, 0.6) is 0 Å². The van der Waals surface area contributed by atoms with Gasteiger partial charge in [0.15, 0.2) is 5.69 Å². The highest BCUT2D eigenvalue weighted by molar-refractivity contribution is 6.88. The van der Waals surface area contributed by atoms with Crippen LogP contribution in [0.1, 0.15) is 69.4 Å². The maximum Gasteiger partial charge on any atom is 0.332 e. The molecule has 0 saturated heterocycles. The molecule has 0 N–H and O–H groups in total. The van der Waals surface area contributed by atoms with E-state index in [0.29, 0.717) is 44.2 Å². The van der Waals surface area contributed by atoms with Gasteiger partial charge in [0.2, 0.25) is 0 Å². The molecule has 3 heterocycles. The number of nitriles is 3. The molecule has 0 atom stereocenters. The van der Waals surface area contributed by atoms with Gasteiger partial charge >= 0.3 is 6.85 Å². The van der Waals surface area contributed by atoms with Crippen LogP contribution in [0.2, 0.25) is 0 Å². The van der Waals surface area contributed by atoms with Crippen molar-refractivity contribution in [1.82, 2.24) is 9.05 Å². The van der Waals surface area contributed by atoms with Crippen molar-refractivity contribution in [3.05, 3.63) is 118 Å². The first-order valence-corrected chi connectivity index (χ1v) is 16.4. The van der Waals surface area contributed by atoms with Crippen LogP contribution in [-0.2, 0) is 10.8 Å². The number of nitrogens with zero attached hydrogens (tertiary/aromatic N) is 6. The lowest BCUT2D eigenvalue weighted by Crippen LogP contribution is -2.55. The normalized spacial score (nSPS) is 12.6. The third-order valence-corrected chi connectivity index (χ3v) is 10.1. The van der Waals surface area contributed by atoms with Crippen molar-refractivity contribution in [1.29, 1.82) is 15.8 Å². The van der Waals surface area contributed by atoms with E-state index in [-0.39, 0.29) is 10.8 Å². The van der Waals surface area contributed by atoms with Crippen LogP contribution in [0.25, 0.3) is 54.1 Å². The highest BCUT2D eigenvalue weighted by atomic mass is 15.0. The monoisotopic (exact) mass is 630 g/mol. The summed E-state index contributed by atoms with van der Waals surface area (Å²) >= 11 is 0. The zero-order chi connectivity index (χ0) is 34.6. The second-order valence-corrected chi connectivity index (χ2v) is 15.1. The number of aromatic nitrogens is 2. The van der Waals surface area contributed by atoms with E-state index in [1.54, 1.807) is 24.3 Å². The molecule has 0 spiro atoms. The van der Waals surface area contributed by atoms with E-state index in [9.17, 15) is 15.8 Å². The summed E-state index contributed by atoms with van der Waals surface area (Å²) in [4.78, 5) is 3.69. The SMILES string of the molecule is [C-]#[N+]c1cc(C#N)c2c(c1)c1cc(C#N)cc(C#N)c1n2B1c2ccccc2-n2c3cc(C(C)(C)C)ccc3c3ccc(C(C)(C)C)c1c32. The first kappa shape index (κ1) is 30.1. The highest BCUT2D eigenvalue weighted by Gasteiger charge is 2.40. The molecule has 49 heavy (non-hydrogen) atoms. The van der Waals surface area contributed by atoms with Gasteiger partial charge in [0.05, 0.1) is 57.5 Å². The molecule has 7 aromatic rings. The molecule has 1 aliphatic heterocycles. The lowest BCUT2D eigenvalue weighted by atomic mass is 9.46. The Balaban J connectivity index is 1.67. The topological polar surface area (TPSA) is 85.6 Å². The first-order valence-electron chi connectivity index (χ1n) is 16.4. The largest absolute Gasteiger partial charge is 0.374 e. The van der Waals surface area contributed by atoms with Gasteiger partial charge in [-0.2, -0.15) is 15.8 Å². The maximum absolute atomic E-state index is 10.6. The Kier molecular flexibility index (Phi) is 6.21. The number of rotatable bonds is 1. The summed E-state index contributed by atoms with van der Waals surface area (Å²) in [7, 11) is 0. The Labute approximate surface area is 285 Å². The lowest BCUT2D eigenvalue weighted by molar-refractivity contribution is 0.591. The van der Waals surface area contributed by atoms with Gasteiger partial charge in [-0.1, -0.05) is 84.0 Å². The molecule has 8 rings (SSSR count). The predicted molar refractivity (Wildman–Crippen MR) is 198 cm³/mol. The number of fused-ring (bicyclic) bond motifs is 8. The van der Waals surface area contributed by atoms with Gasteiger partial charge in [-0.3, -0.25) is 0 Å². The Morgan fingerprint density at radius 1 is 0.673 bits per heavy atom. The molecule has 2 aromatic heterocycles. The van der Waals surface area contributed by atoms with E-state index in [1.165, 1.54) is 5.56 Å². The van der Waals surface area contributed by atoms with Gasteiger partial charge in [-0.25, -0.2) is 4.85 Å². The molecule has 0 unspecified atom stereocenters. The summed E-state index contributed by atoms with van der Waals surface area (Å²) in [5.41, 5.74) is 10.2. The van der Waals surface area contributed by atoms with Crippen LogP contribution in [-0.4, -0.2) is 15.9 Å². The zero-order valence-corrected chi connectivity index (χ0v) is 28.3. The van der Waals surface area contributed by atoms with Crippen LogP contribution >= 0.6 is 0 Å². The number of benzene rings is 5. The van der Waals surface area contributed by atoms with E-state index >= 15 is 0 Å². The third-order valence-electron chi connectivity index (χ3n) is 10.1. The first-order chi connectivity index (χ1) is 23.4. The van der Waals surface area contributed by atoms with Crippen LogP contribution in [0, 0.1) is 40.6 Å². The van der Waals surface area contributed by atoms with Gasteiger partial charge in [0.25, 0.3) is 0 Å². The minimum atomic E-state index is -0.432. The second kappa shape index (κ2) is 10.1. The minimum Gasteiger partial charge on any atom is -0.374 e. The minimum absolute atomic E-state index is 0.0438. The molecule has 0 amide bonds. The van der Waals surface area contributed by atoms with Gasteiger partial charge < -0.3 is 9.05 Å². The molecule has 0 fully saturated rings. The lowest BCUT2D eigenvalue weighted by Gasteiger charge is -2.33. The molecule has 0 aliphatic carbocycles. The molecule has 0 radical (unpaired) electrons. The van der Waals surface area contributed by atoms with Crippen LogP contribution in [0.4, 0.5) is 5.69 Å². The van der Waals surface area contributed by atoms with Crippen LogP contribution in [0.3, 0.4) is 0 Å². The molecule has 7 heteroatoms. The summed E-state index contributed by atoms with van der Waals surface area (Å²) < 4.78 is 4.56. The number of hydrogen-bond donors (Lipinski definition) is 0. The number of hydrogen-bond acceptors (Lipinski definition) is 3. The van der Waals surface area contributed by atoms with Crippen LogP contribution < -0.4 is 10.9 Å². The Bertz CT molecular complexity index is 2700. The van der Waals surface area contributed by atoms with Crippen molar-refractivity contribution in [2.45, 2.75) is 52.4 Å². The molecule has 5 aromatic carbocycles. The fourth-order valence-electron chi connectivity index (χ4n) is 7.98. The molecule has 6 nitrogen and oxygen atoms in total. The Morgan fingerprint density at radius 3 is 2.00 bits per heavy atom. The molecule has 0 saturated carbocycles. The van der Waals surface area contributed by atoms with E-state index in [1.807, 2.05) is 0 Å². The highest BCUT2D eigenvalue weighted by Crippen LogP contribution is 2.41. The van der Waals surface area contributed by atoms with Crippen molar-refractivity contribution in [2.75, 3.05) is 0 Å². The summed E-state index contributed by atoms with van der Waals surface area (Å²) in [6, 6.07) is 33.5. The summed E-state index contributed by atoms with van der Waals surface area (Å²) in [6.45, 7) is 20.8. The zero-order valence-electron chi connectivity index (χ0n) is 28.3. The van der Waals surface area contributed by atoms with E-state index in [4.69, 9.17) is 6.57 Å². The Hall–Kier alpha value is -6.28. The van der Waals surface area contributed by atoms with Crippen molar-refractivity contribution in [3.63, 3.8) is 0 Å². The smallest absolute Gasteiger partial charge is 0.332 e. The predicted octanol–water partition coefficient (Wildman–Crippen LogP) is 8.62. The Morgan fingerprint density at radius 2 is 1.35 bits per heavy atom. The standard InChI is InChI=1S/C42H31BN6/c1-41(2,3)27-12-13-29-30-14-15-33(42(4,5)6)37-40(30)48(36(29)19-27)35-11-9-8-10-34(35)43(37)49-38-25(22-45)16-24(21-44)17-31(38)32-20-28(47-7)18-26(23-46)39(32)49/h8-20H,1-6H3. The molecule has 0 bridgehead atoms. The molecule has 1 aliphatic rings. The van der Waals surface area contributed by atoms with E-state index in [2.05, 4.69) is 128 Å². The summed E-state index contributed by atoms with van der Waals surface area (Å²) in [5, 5.41) is 34.9. The van der Waals surface area contributed by atoms with Gasteiger partial charge in [0, 0.05) is 21.8 Å². The third kappa shape index (κ3) is 4.10. The fourth-order valence-corrected chi connectivity index (χ4v) is 7.98. The quantitative estimate of drug-likeness (QED) is 0.134. The maximum atomic E-state index is 10.6. The van der Waals surface area contributed by atoms with Crippen LogP contribution in [0.15, 0.2) is 78.9 Å². The number of para-hydroxylation sites is 1. The summed E-state index contributed by atoms with van der Waals surface area (Å²) in [5.74, 6) is 0. The van der Waals surface area contributed by atoms with Crippen molar-refractivity contribution in [3.8, 4) is 23.9 Å². The van der Waals surface area contributed by atoms with Gasteiger partial charge in [0.1, 0.15) is 6.07 Å². The van der Waals surface area contributed by atoms with Gasteiger partial charge in [-0.05, 0) is 74.7 Å². The fraction of sp³-hybridized carbons (Fsp3) is 0.190. The van der Waals surface area contributed by atoms with E-state index < -0.39 is 6.85 Å². The van der Waals surface area contributed by atoms with Crippen molar-refractivity contribution in [2.24, 2.45) is 0 Å². The average Bonchev–Trinajstić information content (AvgIpc) is 3.60. The van der Waals surface area contributed by atoms with Gasteiger partial charge in [-0.15, -0.1) is 0 Å². The second-order valence-electron chi connectivity index (χ2n) is 15.1. The summed E-state index contributed by atoms with van der Waals surface area (Å²) in [6.07, 6.45) is 0. The molecular formula is C42H31BN6. The van der Waals surface area contributed by atoms with E-state index in [0.717, 1.165) is 44.0 Å². The van der Waals surface area contributed by atoms with Crippen molar-refractivity contribution < 1.29 is 0 Å². The average molecular weight is 631 g/mol.